The fourth-order valence-electron chi connectivity index (χ4n) is 7.05. The molecule has 2 saturated carbocycles. The maximum atomic E-state index is 11.3. The first-order valence-corrected chi connectivity index (χ1v) is 10.3. The van der Waals surface area contributed by atoms with Gasteiger partial charge in [-0.1, -0.05) is 31.6 Å². The Morgan fingerprint density at radius 3 is 2.80 bits per heavy atom. The molecule has 0 aromatic carbocycles. The summed E-state index contributed by atoms with van der Waals surface area (Å²) >= 11 is 0. The normalized spacial score (nSPS) is 47.5. The molecule has 0 aromatic heterocycles. The Balaban J connectivity index is 1.71. The van der Waals surface area contributed by atoms with Crippen LogP contribution in [0.25, 0.3) is 0 Å². The molecule has 0 amide bonds. The fourth-order valence-corrected chi connectivity index (χ4v) is 7.05. The van der Waals surface area contributed by atoms with Crippen molar-refractivity contribution < 1.29 is 9.84 Å². The van der Waals surface area contributed by atoms with E-state index >= 15 is 0 Å². The number of ether oxygens (including phenoxy) is 1. The lowest BCUT2D eigenvalue weighted by Crippen LogP contribution is -2.54. The molecule has 0 radical (unpaired) electrons. The molecule has 0 bridgehead atoms. The zero-order chi connectivity index (χ0) is 17.8. The maximum Gasteiger partial charge on any atom is 0.0962 e. The molecule has 0 saturated heterocycles. The minimum atomic E-state index is -0.185. The van der Waals surface area contributed by atoms with Crippen molar-refractivity contribution in [1.82, 2.24) is 0 Å². The van der Waals surface area contributed by atoms with Gasteiger partial charge in [-0.3, -0.25) is 0 Å². The molecular weight excluding hydrogens is 308 g/mol. The van der Waals surface area contributed by atoms with E-state index in [-0.39, 0.29) is 16.9 Å². The van der Waals surface area contributed by atoms with Crippen LogP contribution < -0.4 is 0 Å². The summed E-state index contributed by atoms with van der Waals surface area (Å²) < 4.78 is 5.80. The molecule has 2 nitrogen and oxygen atoms in total. The summed E-state index contributed by atoms with van der Waals surface area (Å²) in [5.74, 6) is 2.90. The van der Waals surface area contributed by atoms with Gasteiger partial charge in [0.25, 0.3) is 0 Å². The Morgan fingerprint density at radius 2 is 2.08 bits per heavy atom. The zero-order valence-corrected chi connectivity index (χ0v) is 16.3. The van der Waals surface area contributed by atoms with Crippen LogP contribution in [0.3, 0.4) is 0 Å². The summed E-state index contributed by atoms with van der Waals surface area (Å²) in [6.07, 6.45) is 13.7. The molecule has 138 valence electrons. The van der Waals surface area contributed by atoms with Crippen molar-refractivity contribution in [1.29, 1.82) is 0 Å². The smallest absolute Gasteiger partial charge is 0.0962 e. The molecule has 2 heteroatoms. The van der Waals surface area contributed by atoms with Crippen molar-refractivity contribution >= 4 is 0 Å². The molecule has 25 heavy (non-hydrogen) atoms. The van der Waals surface area contributed by atoms with Gasteiger partial charge in [0, 0.05) is 6.42 Å². The highest BCUT2D eigenvalue weighted by Gasteiger charge is 2.59. The Hall–Kier alpha value is -1.02. The highest BCUT2D eigenvalue weighted by Crippen LogP contribution is 2.65. The Kier molecular flexibility index (Phi) is 4.18. The molecule has 2 fully saturated rings. The average Bonchev–Trinajstić information content (AvgIpc) is 2.90. The molecule has 6 atom stereocenters. The highest BCUT2D eigenvalue weighted by molar-refractivity contribution is 5.37. The van der Waals surface area contributed by atoms with Crippen molar-refractivity contribution in [3.63, 3.8) is 0 Å². The van der Waals surface area contributed by atoms with Gasteiger partial charge < -0.3 is 9.84 Å². The van der Waals surface area contributed by atoms with Crippen LogP contribution in [0.15, 0.2) is 35.1 Å². The fraction of sp³-hybridized carbons (Fsp3) is 0.739. The first-order chi connectivity index (χ1) is 11.9. The van der Waals surface area contributed by atoms with Crippen LogP contribution in [0.2, 0.25) is 0 Å². The second kappa shape index (κ2) is 6.01. The van der Waals surface area contributed by atoms with Gasteiger partial charge in [-0.25, -0.2) is 0 Å². The van der Waals surface area contributed by atoms with Crippen molar-refractivity contribution in [2.75, 3.05) is 6.61 Å². The van der Waals surface area contributed by atoms with Crippen LogP contribution in [0.4, 0.5) is 0 Å². The third kappa shape index (κ3) is 2.40. The zero-order valence-electron chi connectivity index (χ0n) is 16.3. The topological polar surface area (TPSA) is 29.5 Å². The molecular formula is C23H34O2. The number of aliphatic hydroxyl groups is 1. The van der Waals surface area contributed by atoms with Crippen molar-refractivity contribution in [2.45, 2.75) is 72.3 Å². The molecule has 1 unspecified atom stereocenters. The van der Waals surface area contributed by atoms with Gasteiger partial charge >= 0.3 is 0 Å². The van der Waals surface area contributed by atoms with E-state index in [1.807, 2.05) is 0 Å². The van der Waals surface area contributed by atoms with Gasteiger partial charge in [-0.15, -0.1) is 0 Å². The SMILES string of the molecule is C/C=C1/CCC2[C@@H]3CC=C4C=C(OCC)CC[C@]4(C)[C@H]3[C@@H](O)C[C@]12C. The lowest BCUT2D eigenvalue weighted by atomic mass is 9.47. The molecule has 4 aliphatic rings. The van der Waals surface area contributed by atoms with E-state index in [1.165, 1.54) is 18.4 Å². The maximum absolute atomic E-state index is 11.3. The summed E-state index contributed by atoms with van der Waals surface area (Å²) in [4.78, 5) is 0. The van der Waals surface area contributed by atoms with Crippen LogP contribution in [0.1, 0.15) is 66.2 Å². The number of aliphatic hydroxyl groups excluding tert-OH is 1. The van der Waals surface area contributed by atoms with Crippen LogP contribution in [-0.4, -0.2) is 17.8 Å². The van der Waals surface area contributed by atoms with Gasteiger partial charge in [0.2, 0.25) is 0 Å². The molecule has 0 spiro atoms. The monoisotopic (exact) mass is 342 g/mol. The van der Waals surface area contributed by atoms with E-state index in [9.17, 15) is 5.11 Å². The standard InChI is InChI=1S/C23H34O2/c1-5-15-8-10-19-18-9-7-16-13-17(25-6-2)11-12-22(16,3)21(18)20(24)14-23(15,19)4/h5,7,13,18-21,24H,6,8-12,14H2,1-4H3/b15-5-/t18-,19?,20-,21+,22-,23+/m0/s1. The molecule has 4 aliphatic carbocycles. The lowest BCUT2D eigenvalue weighted by Gasteiger charge is -2.58. The predicted octanol–water partition coefficient (Wildman–Crippen LogP) is 5.40. The summed E-state index contributed by atoms with van der Waals surface area (Å²) in [5.41, 5.74) is 3.36. The first kappa shape index (κ1) is 17.4. The number of hydrogen-bond acceptors (Lipinski definition) is 2. The number of fused-ring (bicyclic) bond motifs is 5. The van der Waals surface area contributed by atoms with E-state index in [0.29, 0.717) is 11.8 Å². The Labute approximate surface area is 153 Å². The predicted molar refractivity (Wildman–Crippen MR) is 102 cm³/mol. The third-order valence-corrected chi connectivity index (χ3v) is 8.19. The van der Waals surface area contributed by atoms with E-state index in [1.54, 1.807) is 5.57 Å². The van der Waals surface area contributed by atoms with Crippen molar-refractivity contribution in [2.24, 2.45) is 28.6 Å². The van der Waals surface area contributed by atoms with Gasteiger partial charge in [-0.2, -0.15) is 0 Å². The van der Waals surface area contributed by atoms with E-state index in [0.717, 1.165) is 44.0 Å². The summed E-state index contributed by atoms with van der Waals surface area (Å²) in [6.45, 7) is 9.83. The van der Waals surface area contributed by atoms with Crippen LogP contribution in [0.5, 0.6) is 0 Å². The number of allylic oxidation sites excluding steroid dienone is 6. The summed E-state index contributed by atoms with van der Waals surface area (Å²) in [6, 6.07) is 0. The van der Waals surface area contributed by atoms with Crippen molar-refractivity contribution in [3.8, 4) is 0 Å². The minimum absolute atomic E-state index is 0.114. The Morgan fingerprint density at radius 1 is 1.28 bits per heavy atom. The van der Waals surface area contributed by atoms with Gasteiger partial charge in [-0.05, 0) is 86.2 Å². The van der Waals surface area contributed by atoms with Gasteiger partial charge in [0.15, 0.2) is 0 Å². The lowest BCUT2D eigenvalue weighted by molar-refractivity contribution is -0.0990. The quantitative estimate of drug-likeness (QED) is 0.681. The highest BCUT2D eigenvalue weighted by atomic mass is 16.5. The molecule has 1 N–H and O–H groups in total. The van der Waals surface area contributed by atoms with Gasteiger partial charge in [0.1, 0.15) is 0 Å². The molecule has 0 heterocycles. The molecule has 0 aliphatic heterocycles. The van der Waals surface area contributed by atoms with E-state index in [4.69, 9.17) is 4.74 Å². The van der Waals surface area contributed by atoms with Gasteiger partial charge in [0.05, 0.1) is 18.5 Å². The average molecular weight is 343 g/mol. The van der Waals surface area contributed by atoms with E-state index in [2.05, 4.69) is 45.9 Å². The number of hydrogen-bond donors (Lipinski definition) is 1. The molecule has 0 aromatic rings. The Bertz CT molecular complexity index is 642. The minimum Gasteiger partial charge on any atom is -0.498 e. The first-order valence-electron chi connectivity index (χ1n) is 10.3. The van der Waals surface area contributed by atoms with Crippen LogP contribution in [0, 0.1) is 28.6 Å². The summed E-state index contributed by atoms with van der Waals surface area (Å²) in [7, 11) is 0. The van der Waals surface area contributed by atoms with Crippen LogP contribution in [-0.2, 0) is 4.74 Å². The van der Waals surface area contributed by atoms with Crippen LogP contribution >= 0.6 is 0 Å². The molecule has 4 rings (SSSR count). The largest absolute Gasteiger partial charge is 0.498 e. The second-order valence-electron chi connectivity index (χ2n) is 9.19. The summed E-state index contributed by atoms with van der Waals surface area (Å²) in [5, 5.41) is 11.3. The van der Waals surface area contributed by atoms with E-state index < -0.39 is 0 Å². The van der Waals surface area contributed by atoms with Crippen molar-refractivity contribution in [3.05, 3.63) is 35.1 Å². The third-order valence-electron chi connectivity index (χ3n) is 8.19. The second-order valence-corrected chi connectivity index (χ2v) is 9.19. The number of rotatable bonds is 2.